The van der Waals surface area contributed by atoms with Gasteiger partial charge in [-0.05, 0) is 62.7 Å². The molecule has 0 aromatic heterocycles. The Balaban J connectivity index is 1.59. The predicted octanol–water partition coefficient (Wildman–Crippen LogP) is 3.07. The number of ether oxygens (including phenoxy) is 2. The Hall–Kier alpha value is -0.570. The predicted molar refractivity (Wildman–Crippen MR) is 73.0 cm³/mol. The maximum atomic E-state index is 11.7. The van der Waals surface area contributed by atoms with Gasteiger partial charge in [-0.15, -0.1) is 0 Å². The van der Waals surface area contributed by atoms with Gasteiger partial charge in [0.05, 0.1) is 11.7 Å². The smallest absolute Gasteiger partial charge is 0.306 e. The van der Waals surface area contributed by atoms with E-state index in [0.717, 1.165) is 18.8 Å². The fourth-order valence-corrected chi connectivity index (χ4v) is 7.12. The summed E-state index contributed by atoms with van der Waals surface area (Å²) in [6.07, 6.45) is 8.37. The molecule has 6 rings (SSSR count). The van der Waals surface area contributed by atoms with E-state index in [4.69, 9.17) is 9.47 Å². The van der Waals surface area contributed by atoms with Crippen LogP contribution >= 0.6 is 0 Å². The fraction of sp³-hybridized carbons (Fsp3) is 0.941. The summed E-state index contributed by atoms with van der Waals surface area (Å²) in [4.78, 5) is 11.7. The highest BCUT2D eigenvalue weighted by atomic mass is 16.5. The Bertz CT molecular complexity index is 502. The van der Waals surface area contributed by atoms with Crippen LogP contribution in [0.2, 0.25) is 0 Å². The van der Waals surface area contributed by atoms with Gasteiger partial charge in [-0.1, -0.05) is 6.92 Å². The average Bonchev–Trinajstić information content (AvgIpc) is 2.73. The molecule has 3 heteroatoms. The first kappa shape index (κ1) is 12.0. The Kier molecular flexibility index (Phi) is 1.96. The van der Waals surface area contributed by atoms with Crippen LogP contribution in [0.4, 0.5) is 0 Å². The van der Waals surface area contributed by atoms with E-state index in [1.165, 1.54) is 25.7 Å². The largest absolute Gasteiger partial charge is 0.462 e. The normalized spacial score (nSPS) is 63.0. The second kappa shape index (κ2) is 3.26. The van der Waals surface area contributed by atoms with Gasteiger partial charge in [0.1, 0.15) is 6.10 Å². The molecule has 5 unspecified atom stereocenters. The molecule has 3 heterocycles. The van der Waals surface area contributed by atoms with Crippen molar-refractivity contribution in [2.24, 2.45) is 22.7 Å². The molecule has 0 aromatic rings. The number of carbonyl (C=O) groups is 1. The molecule has 3 saturated carbocycles. The van der Waals surface area contributed by atoms with Crippen LogP contribution in [0, 0.1) is 22.7 Å². The summed E-state index contributed by atoms with van der Waals surface area (Å²) in [7, 11) is 0. The quantitative estimate of drug-likeness (QED) is 0.638. The molecular formula is C17H24O3. The maximum Gasteiger partial charge on any atom is 0.306 e. The molecule has 1 spiro atoms. The summed E-state index contributed by atoms with van der Waals surface area (Å²) in [6, 6.07) is 0. The van der Waals surface area contributed by atoms with Gasteiger partial charge in [-0.25, -0.2) is 0 Å². The molecule has 0 aromatic carbocycles. The highest BCUT2D eigenvalue weighted by molar-refractivity contribution is 5.70. The fourth-order valence-electron chi connectivity index (χ4n) is 7.12. The molecule has 6 aliphatic rings. The third kappa shape index (κ3) is 1.17. The highest BCUT2D eigenvalue weighted by Crippen LogP contribution is 2.74. The van der Waals surface area contributed by atoms with Crippen LogP contribution in [0.3, 0.4) is 0 Å². The Labute approximate surface area is 120 Å². The van der Waals surface area contributed by atoms with Crippen LogP contribution in [-0.2, 0) is 14.3 Å². The zero-order valence-corrected chi connectivity index (χ0v) is 12.5. The van der Waals surface area contributed by atoms with Gasteiger partial charge in [-0.3, -0.25) is 4.79 Å². The summed E-state index contributed by atoms with van der Waals surface area (Å²) in [5, 5.41) is 0. The van der Waals surface area contributed by atoms with Gasteiger partial charge in [0.15, 0.2) is 0 Å². The average molecular weight is 276 g/mol. The number of hydrogen-bond acceptors (Lipinski definition) is 3. The molecule has 4 bridgehead atoms. The first-order chi connectivity index (χ1) is 9.45. The number of rotatable bonds is 0. The molecule has 3 nitrogen and oxygen atoms in total. The van der Waals surface area contributed by atoms with Gasteiger partial charge < -0.3 is 9.47 Å². The minimum atomic E-state index is 0.0166. The van der Waals surface area contributed by atoms with E-state index >= 15 is 0 Å². The lowest BCUT2D eigenvalue weighted by Crippen LogP contribution is -2.61. The second-order valence-corrected chi connectivity index (χ2v) is 8.65. The van der Waals surface area contributed by atoms with Crippen LogP contribution in [-0.4, -0.2) is 23.8 Å². The van der Waals surface area contributed by atoms with Crippen LogP contribution in [0.15, 0.2) is 0 Å². The molecule has 0 amide bonds. The van der Waals surface area contributed by atoms with Crippen LogP contribution < -0.4 is 0 Å². The summed E-state index contributed by atoms with van der Waals surface area (Å²) >= 11 is 0. The van der Waals surface area contributed by atoms with Gasteiger partial charge in [0.25, 0.3) is 0 Å². The van der Waals surface area contributed by atoms with Crippen molar-refractivity contribution in [2.75, 3.05) is 0 Å². The van der Waals surface area contributed by atoms with Crippen molar-refractivity contribution >= 4 is 5.97 Å². The monoisotopic (exact) mass is 276 g/mol. The number of hydrogen-bond donors (Lipinski definition) is 0. The minimum absolute atomic E-state index is 0.0166. The number of carbonyl (C=O) groups excluding carboxylic acids is 1. The van der Waals surface area contributed by atoms with Crippen molar-refractivity contribution in [1.82, 2.24) is 0 Å². The van der Waals surface area contributed by atoms with Crippen molar-refractivity contribution in [3.05, 3.63) is 0 Å². The SMILES string of the molecule is CC12CC34CC[C@@H]5OC(=O)CC[C@@]5(C)C3C(CC1C4)O2. The third-order valence-corrected chi connectivity index (χ3v) is 7.68. The summed E-state index contributed by atoms with van der Waals surface area (Å²) in [6.45, 7) is 4.73. The molecule has 110 valence electrons. The number of fused-ring (bicyclic) bond motifs is 1. The lowest BCUT2D eigenvalue weighted by molar-refractivity contribution is -0.235. The van der Waals surface area contributed by atoms with Crippen LogP contribution in [0.5, 0.6) is 0 Å². The molecule has 3 aliphatic heterocycles. The first-order valence-corrected chi connectivity index (χ1v) is 8.33. The highest BCUT2D eigenvalue weighted by Gasteiger charge is 2.73. The van der Waals surface area contributed by atoms with E-state index in [9.17, 15) is 4.79 Å². The molecule has 0 N–H and O–H groups in total. The Morgan fingerprint density at radius 3 is 2.90 bits per heavy atom. The standard InChI is InChI=1S/C17H24O3/c1-15-5-4-13(18)19-12(15)3-6-17-8-10-7-11(14(15)17)20-16(10,2)9-17/h10-12,14H,3-9H2,1-2H3/t10?,11?,12-,14?,15+,16?,17?/m0/s1. The second-order valence-electron chi connectivity index (χ2n) is 8.65. The van der Waals surface area contributed by atoms with Gasteiger partial charge in [0, 0.05) is 11.8 Å². The zero-order chi connectivity index (χ0) is 13.8. The van der Waals surface area contributed by atoms with Crippen molar-refractivity contribution < 1.29 is 14.3 Å². The molecular weight excluding hydrogens is 252 g/mol. The topological polar surface area (TPSA) is 35.5 Å². The summed E-state index contributed by atoms with van der Waals surface area (Å²) in [5.41, 5.74) is 0.818. The zero-order valence-electron chi connectivity index (χ0n) is 12.5. The Morgan fingerprint density at radius 1 is 1.25 bits per heavy atom. The van der Waals surface area contributed by atoms with E-state index in [1.807, 2.05) is 0 Å². The molecule has 3 aliphatic carbocycles. The maximum absolute atomic E-state index is 11.7. The third-order valence-electron chi connectivity index (χ3n) is 7.68. The first-order valence-electron chi connectivity index (χ1n) is 8.33. The lowest BCUT2D eigenvalue weighted by Gasteiger charge is -2.61. The molecule has 6 fully saturated rings. The van der Waals surface area contributed by atoms with E-state index in [1.54, 1.807) is 0 Å². The van der Waals surface area contributed by atoms with Gasteiger partial charge in [-0.2, -0.15) is 0 Å². The van der Waals surface area contributed by atoms with E-state index in [2.05, 4.69) is 13.8 Å². The van der Waals surface area contributed by atoms with E-state index in [0.29, 0.717) is 23.9 Å². The molecule has 7 atom stereocenters. The van der Waals surface area contributed by atoms with Gasteiger partial charge in [0.2, 0.25) is 0 Å². The molecule has 20 heavy (non-hydrogen) atoms. The van der Waals surface area contributed by atoms with Gasteiger partial charge >= 0.3 is 5.97 Å². The lowest BCUT2D eigenvalue weighted by atomic mass is 9.47. The van der Waals surface area contributed by atoms with Crippen LogP contribution in [0.1, 0.15) is 58.8 Å². The van der Waals surface area contributed by atoms with Crippen molar-refractivity contribution in [3.63, 3.8) is 0 Å². The Morgan fingerprint density at radius 2 is 2.10 bits per heavy atom. The van der Waals surface area contributed by atoms with Crippen LogP contribution in [0.25, 0.3) is 0 Å². The van der Waals surface area contributed by atoms with E-state index in [-0.39, 0.29) is 23.1 Å². The number of esters is 1. The van der Waals surface area contributed by atoms with E-state index < -0.39 is 0 Å². The summed E-state index contributed by atoms with van der Waals surface area (Å²) in [5.74, 6) is 1.42. The molecule has 0 radical (unpaired) electrons. The summed E-state index contributed by atoms with van der Waals surface area (Å²) < 4.78 is 12.2. The van der Waals surface area contributed by atoms with Crippen molar-refractivity contribution in [3.8, 4) is 0 Å². The van der Waals surface area contributed by atoms with Crippen molar-refractivity contribution in [2.45, 2.75) is 76.6 Å². The molecule has 3 saturated heterocycles. The minimum Gasteiger partial charge on any atom is -0.462 e. The van der Waals surface area contributed by atoms with Crippen molar-refractivity contribution in [1.29, 1.82) is 0 Å².